The highest BCUT2D eigenvalue weighted by Gasteiger charge is 2.32. The van der Waals surface area contributed by atoms with E-state index in [1.54, 1.807) is 12.1 Å². The lowest BCUT2D eigenvalue weighted by molar-refractivity contribution is -0.137. The second-order valence-electron chi connectivity index (χ2n) is 6.54. The minimum atomic E-state index is -4.67. The van der Waals surface area contributed by atoms with Crippen LogP contribution in [0.4, 0.5) is 13.2 Å². The molecule has 162 valence electrons. The summed E-state index contributed by atoms with van der Waals surface area (Å²) < 4.78 is 71.1. The van der Waals surface area contributed by atoms with Crippen LogP contribution >= 0.6 is 0 Å². The summed E-state index contributed by atoms with van der Waals surface area (Å²) in [7, 11) is -3.07. The molecular formula is C21H16F3NO5S. The van der Waals surface area contributed by atoms with Crippen LogP contribution in [0.1, 0.15) is 21.5 Å². The average Bonchev–Trinajstić information content (AvgIpc) is 2.73. The third-order valence-corrected chi connectivity index (χ3v) is 6.18. The molecule has 0 radical (unpaired) electrons. The number of alkyl halides is 3. The third-order valence-electron chi connectivity index (χ3n) is 4.50. The number of sulfone groups is 1. The van der Waals surface area contributed by atoms with Crippen LogP contribution in [0.25, 0.3) is 11.1 Å². The topological polar surface area (TPSA) is 93.6 Å². The summed E-state index contributed by atoms with van der Waals surface area (Å²) in [5.74, 6) is -2.27. The predicted molar refractivity (Wildman–Crippen MR) is 106 cm³/mol. The van der Waals surface area contributed by atoms with Crippen LogP contribution in [-0.4, -0.2) is 31.6 Å². The molecule has 0 spiro atoms. The van der Waals surface area contributed by atoms with Crippen LogP contribution in [0.3, 0.4) is 0 Å². The number of carboxylic acid groups (broad SMARTS) is 1. The fourth-order valence-corrected chi connectivity index (χ4v) is 4.60. The lowest BCUT2D eigenvalue weighted by Gasteiger charge is -2.15. The fourth-order valence-electron chi connectivity index (χ4n) is 3.03. The maximum absolute atomic E-state index is 13.3. The van der Waals surface area contributed by atoms with Crippen LogP contribution in [-0.2, 0) is 21.8 Å². The third kappa shape index (κ3) is 4.85. The molecule has 0 saturated heterocycles. The van der Waals surface area contributed by atoms with Gasteiger partial charge < -0.3 is 9.84 Å². The normalized spacial score (nSPS) is 11.9. The molecule has 1 N–H and O–H groups in total. The monoisotopic (exact) mass is 451 g/mol. The summed E-state index contributed by atoms with van der Waals surface area (Å²) in [5.41, 5.74) is -0.705. The van der Waals surface area contributed by atoms with Gasteiger partial charge in [0, 0.05) is 18.0 Å². The van der Waals surface area contributed by atoms with Crippen LogP contribution in [0.5, 0.6) is 5.75 Å². The molecule has 0 amide bonds. The summed E-state index contributed by atoms with van der Waals surface area (Å²) in [6.07, 6.45) is -1.79. The van der Waals surface area contributed by atoms with Crippen molar-refractivity contribution in [3.63, 3.8) is 0 Å². The first-order valence-electron chi connectivity index (χ1n) is 8.77. The molecule has 10 heteroatoms. The predicted octanol–water partition coefficient (Wildman–Crippen LogP) is 4.45. The molecule has 0 unspecified atom stereocenters. The second kappa shape index (κ2) is 8.38. The van der Waals surface area contributed by atoms with E-state index in [1.807, 2.05) is 0 Å². The number of methoxy groups -OCH3 is 1. The molecule has 3 aromatic rings. The summed E-state index contributed by atoms with van der Waals surface area (Å²) in [6.45, 7) is 0. The molecule has 31 heavy (non-hydrogen) atoms. The highest BCUT2D eigenvalue weighted by Crippen LogP contribution is 2.36. The first-order valence-corrected chi connectivity index (χ1v) is 10.4. The Morgan fingerprint density at radius 3 is 2.45 bits per heavy atom. The highest BCUT2D eigenvalue weighted by molar-refractivity contribution is 7.90. The van der Waals surface area contributed by atoms with Gasteiger partial charge in [0.2, 0.25) is 0 Å². The Labute approximate surface area is 175 Å². The van der Waals surface area contributed by atoms with E-state index in [0.29, 0.717) is 5.56 Å². The molecule has 0 aliphatic rings. The number of aromatic carboxylic acids is 1. The molecule has 0 aliphatic carbocycles. The van der Waals surface area contributed by atoms with Gasteiger partial charge in [-0.15, -0.1) is 0 Å². The minimum absolute atomic E-state index is 0.106. The number of nitrogens with zero attached hydrogens (tertiary/aromatic N) is 1. The van der Waals surface area contributed by atoms with Gasteiger partial charge in [-0.1, -0.05) is 12.1 Å². The fraction of sp³-hybridized carbons (Fsp3) is 0.143. The second-order valence-corrected chi connectivity index (χ2v) is 8.50. The largest absolute Gasteiger partial charge is 0.495 e. The zero-order valence-corrected chi connectivity index (χ0v) is 16.9. The van der Waals surface area contributed by atoms with Crippen LogP contribution < -0.4 is 4.74 Å². The Bertz CT molecular complexity index is 1230. The average molecular weight is 451 g/mol. The van der Waals surface area contributed by atoms with Gasteiger partial charge in [-0.05, 0) is 47.5 Å². The summed E-state index contributed by atoms with van der Waals surface area (Å²) in [5, 5.41) is 9.18. The van der Waals surface area contributed by atoms with Crippen molar-refractivity contribution in [2.45, 2.75) is 16.8 Å². The minimum Gasteiger partial charge on any atom is -0.495 e. The number of ether oxygens (including phenoxy) is 1. The molecule has 2 aromatic carbocycles. The molecule has 0 bridgehead atoms. The molecule has 1 heterocycles. The number of benzene rings is 2. The Hall–Kier alpha value is -3.40. The molecule has 1 aromatic heterocycles. The molecule has 0 atom stereocenters. The van der Waals surface area contributed by atoms with Crippen molar-refractivity contribution in [3.05, 3.63) is 77.6 Å². The number of rotatable bonds is 6. The first kappa shape index (κ1) is 22.3. The van der Waals surface area contributed by atoms with Crippen molar-refractivity contribution in [1.82, 2.24) is 4.98 Å². The summed E-state index contributed by atoms with van der Waals surface area (Å²) >= 11 is 0. The summed E-state index contributed by atoms with van der Waals surface area (Å²) in [6, 6.07) is 9.28. The van der Waals surface area contributed by atoms with E-state index in [0.717, 1.165) is 18.2 Å². The summed E-state index contributed by atoms with van der Waals surface area (Å²) in [4.78, 5) is 14.8. The van der Waals surface area contributed by atoms with Crippen molar-refractivity contribution < 1.29 is 36.2 Å². The lowest BCUT2D eigenvalue weighted by atomic mass is 9.99. The van der Waals surface area contributed by atoms with Crippen molar-refractivity contribution in [2.24, 2.45) is 0 Å². The van der Waals surface area contributed by atoms with Gasteiger partial charge in [0.25, 0.3) is 0 Å². The SMILES string of the molecule is COc1ccc(C(=O)O)cc1S(=O)(=O)Cc1cc(C(F)(F)F)ccc1-c1cccnc1. The van der Waals surface area contributed by atoms with Crippen LogP contribution in [0.2, 0.25) is 0 Å². The number of halogens is 3. The first-order chi connectivity index (χ1) is 14.5. The van der Waals surface area contributed by atoms with Gasteiger partial charge in [-0.3, -0.25) is 4.98 Å². The Morgan fingerprint density at radius 1 is 1.13 bits per heavy atom. The molecule has 0 aliphatic heterocycles. The van der Waals surface area contributed by atoms with Gasteiger partial charge in [0.1, 0.15) is 10.6 Å². The van der Waals surface area contributed by atoms with Crippen LogP contribution in [0, 0.1) is 0 Å². The van der Waals surface area contributed by atoms with Crippen LogP contribution in [0.15, 0.2) is 65.8 Å². The van der Waals surface area contributed by atoms with Gasteiger partial charge in [-0.25, -0.2) is 13.2 Å². The zero-order chi connectivity index (χ0) is 22.8. The van der Waals surface area contributed by atoms with E-state index in [2.05, 4.69) is 4.98 Å². The van der Waals surface area contributed by atoms with Crippen molar-refractivity contribution in [2.75, 3.05) is 7.11 Å². The molecular weight excluding hydrogens is 435 g/mol. The molecule has 0 fully saturated rings. The van der Waals surface area contributed by atoms with Crippen molar-refractivity contribution >= 4 is 15.8 Å². The number of hydrogen-bond acceptors (Lipinski definition) is 5. The van der Waals surface area contributed by atoms with Crippen molar-refractivity contribution in [1.29, 1.82) is 0 Å². The smallest absolute Gasteiger partial charge is 0.416 e. The number of aromatic nitrogens is 1. The number of carboxylic acids is 1. The standard InChI is InChI=1S/C21H16F3NO5S/c1-30-18-7-4-13(20(26)27)10-19(18)31(28,29)12-15-9-16(21(22,23)24)5-6-17(15)14-3-2-8-25-11-14/h2-11H,12H2,1H3,(H,26,27). The van der Waals surface area contributed by atoms with E-state index < -0.39 is 38.2 Å². The van der Waals surface area contributed by atoms with Gasteiger partial charge in [-0.2, -0.15) is 13.2 Å². The molecule has 0 saturated carbocycles. The zero-order valence-electron chi connectivity index (χ0n) is 16.1. The highest BCUT2D eigenvalue weighted by atomic mass is 32.2. The molecule has 6 nitrogen and oxygen atoms in total. The van der Waals surface area contributed by atoms with E-state index in [9.17, 15) is 31.5 Å². The Balaban J connectivity index is 2.17. The van der Waals surface area contributed by atoms with E-state index >= 15 is 0 Å². The van der Waals surface area contributed by atoms with E-state index in [-0.39, 0.29) is 22.4 Å². The lowest BCUT2D eigenvalue weighted by Crippen LogP contribution is -2.11. The maximum atomic E-state index is 13.3. The molecule has 3 rings (SSSR count). The van der Waals surface area contributed by atoms with Crippen molar-refractivity contribution in [3.8, 4) is 16.9 Å². The van der Waals surface area contributed by atoms with Gasteiger partial charge in [0.05, 0.1) is 24.0 Å². The maximum Gasteiger partial charge on any atom is 0.416 e. The Kier molecular flexibility index (Phi) is 6.03. The van der Waals surface area contributed by atoms with E-state index in [4.69, 9.17) is 4.74 Å². The van der Waals surface area contributed by atoms with Gasteiger partial charge in [0.15, 0.2) is 9.84 Å². The quantitative estimate of drug-likeness (QED) is 0.595. The van der Waals surface area contributed by atoms with E-state index in [1.165, 1.54) is 37.7 Å². The number of hydrogen-bond donors (Lipinski definition) is 1. The number of carbonyl (C=O) groups is 1. The van der Waals surface area contributed by atoms with Gasteiger partial charge >= 0.3 is 12.1 Å². The number of pyridine rings is 1. The Morgan fingerprint density at radius 2 is 1.87 bits per heavy atom.